The number of hydrogen-bond acceptors (Lipinski definition) is 2. The number of rotatable bonds is 2. The summed E-state index contributed by atoms with van der Waals surface area (Å²) in [6, 6.07) is 0.733. The highest BCUT2D eigenvalue weighted by atomic mass is 15.5. The van der Waals surface area contributed by atoms with Gasteiger partial charge in [0, 0.05) is 13.1 Å². The minimum Gasteiger partial charge on any atom is -0.311 e. The van der Waals surface area contributed by atoms with Crippen LogP contribution in [0.1, 0.15) is 20.3 Å². The Bertz CT molecular complexity index is 248. The predicted octanol–water partition coefficient (Wildman–Crippen LogP) is 1.06. The van der Waals surface area contributed by atoms with Gasteiger partial charge in [-0.3, -0.25) is 4.90 Å². The van der Waals surface area contributed by atoms with Gasteiger partial charge in [-0.1, -0.05) is 20.3 Å². The van der Waals surface area contributed by atoms with E-state index >= 15 is 0 Å². The quantitative estimate of drug-likeness (QED) is 0.650. The molecule has 3 unspecified atom stereocenters. The van der Waals surface area contributed by atoms with Crippen LogP contribution in [-0.4, -0.2) is 73.8 Å². The van der Waals surface area contributed by atoms with Crippen LogP contribution < -0.4 is 0 Å². The summed E-state index contributed by atoms with van der Waals surface area (Å²) in [6.07, 6.45) is 2.01. The molecule has 2 saturated heterocycles. The third kappa shape index (κ3) is 1.89. The van der Waals surface area contributed by atoms with Gasteiger partial charge in [-0.15, -0.1) is 0 Å². The summed E-state index contributed by atoms with van der Waals surface area (Å²) in [5.74, 6) is 0.799. The number of fused-ring (bicyclic) bond motifs is 1. The Kier molecular flexibility index (Phi) is 3.30. The summed E-state index contributed by atoms with van der Waals surface area (Å²) in [7, 11) is 7.12. The zero-order valence-electron chi connectivity index (χ0n) is 11.6. The van der Waals surface area contributed by atoms with Gasteiger partial charge in [0.1, 0.15) is 0 Å². The fourth-order valence-corrected chi connectivity index (χ4v) is 3.60. The molecule has 0 aliphatic carbocycles. The summed E-state index contributed by atoms with van der Waals surface area (Å²) in [5, 5.41) is 0. The minimum absolute atomic E-state index is 0.716. The molecule has 2 fully saturated rings. The van der Waals surface area contributed by atoms with Crippen molar-refractivity contribution in [2.75, 3.05) is 47.3 Å². The SMILES string of the molecule is CCC(C)C1C2N(CCN1C)CC[N+]2(C)C. The molecular weight excluding hydrogens is 198 g/mol. The lowest BCUT2D eigenvalue weighted by molar-refractivity contribution is -0.911. The highest BCUT2D eigenvalue weighted by molar-refractivity contribution is 4.90. The van der Waals surface area contributed by atoms with Crippen molar-refractivity contribution in [2.45, 2.75) is 32.5 Å². The molecule has 2 heterocycles. The lowest BCUT2D eigenvalue weighted by Gasteiger charge is -2.48. The zero-order chi connectivity index (χ0) is 11.9. The van der Waals surface area contributed by atoms with Crippen molar-refractivity contribution in [3.05, 3.63) is 0 Å². The van der Waals surface area contributed by atoms with Crippen molar-refractivity contribution in [2.24, 2.45) is 5.92 Å². The van der Waals surface area contributed by atoms with Crippen molar-refractivity contribution in [3.8, 4) is 0 Å². The number of piperazine rings is 1. The fourth-order valence-electron chi connectivity index (χ4n) is 3.60. The maximum absolute atomic E-state index is 2.72. The van der Waals surface area contributed by atoms with Gasteiger partial charge in [0.2, 0.25) is 0 Å². The molecule has 16 heavy (non-hydrogen) atoms. The van der Waals surface area contributed by atoms with Crippen molar-refractivity contribution >= 4 is 0 Å². The molecular formula is C13H28N3+. The molecule has 3 heteroatoms. The Morgan fingerprint density at radius 1 is 1.25 bits per heavy atom. The number of hydrogen-bond donors (Lipinski definition) is 0. The molecule has 94 valence electrons. The summed E-state index contributed by atoms with van der Waals surface area (Å²) in [6.45, 7) is 9.85. The number of nitrogens with zero attached hydrogens (tertiary/aromatic N) is 3. The highest BCUT2D eigenvalue weighted by Crippen LogP contribution is 2.32. The summed E-state index contributed by atoms with van der Waals surface area (Å²) < 4.78 is 1.18. The van der Waals surface area contributed by atoms with Gasteiger partial charge >= 0.3 is 0 Å². The van der Waals surface area contributed by atoms with E-state index in [4.69, 9.17) is 0 Å². The van der Waals surface area contributed by atoms with Crippen LogP contribution in [-0.2, 0) is 0 Å². The highest BCUT2D eigenvalue weighted by Gasteiger charge is 2.50. The van der Waals surface area contributed by atoms with Gasteiger partial charge in [-0.05, 0) is 13.0 Å². The maximum Gasteiger partial charge on any atom is 0.161 e. The van der Waals surface area contributed by atoms with E-state index in [2.05, 4.69) is 44.8 Å². The van der Waals surface area contributed by atoms with Crippen molar-refractivity contribution in [1.29, 1.82) is 0 Å². The normalized spacial score (nSPS) is 37.3. The van der Waals surface area contributed by atoms with E-state index in [1.807, 2.05) is 0 Å². The molecule has 0 saturated carbocycles. The van der Waals surface area contributed by atoms with Crippen LogP contribution in [0.25, 0.3) is 0 Å². The minimum atomic E-state index is 0.716. The van der Waals surface area contributed by atoms with E-state index in [-0.39, 0.29) is 0 Å². The molecule has 0 aromatic carbocycles. The van der Waals surface area contributed by atoms with E-state index < -0.39 is 0 Å². The molecule has 2 aliphatic heterocycles. The first kappa shape index (κ1) is 12.3. The lowest BCUT2D eigenvalue weighted by atomic mass is 9.92. The average Bonchev–Trinajstić information content (AvgIpc) is 2.54. The van der Waals surface area contributed by atoms with Gasteiger partial charge in [-0.25, -0.2) is 4.90 Å². The first-order valence-corrected chi connectivity index (χ1v) is 6.74. The summed E-state index contributed by atoms with van der Waals surface area (Å²) >= 11 is 0. The molecule has 3 atom stereocenters. The summed E-state index contributed by atoms with van der Waals surface area (Å²) in [5.41, 5.74) is 0. The second-order valence-electron chi connectivity index (χ2n) is 6.31. The van der Waals surface area contributed by atoms with Crippen LogP contribution in [0, 0.1) is 5.92 Å². The largest absolute Gasteiger partial charge is 0.311 e. The van der Waals surface area contributed by atoms with E-state index in [0.29, 0.717) is 6.17 Å². The van der Waals surface area contributed by atoms with Gasteiger partial charge < -0.3 is 4.48 Å². The first-order valence-electron chi connectivity index (χ1n) is 6.74. The van der Waals surface area contributed by atoms with Crippen LogP contribution in [0.4, 0.5) is 0 Å². The molecule has 0 aromatic heterocycles. The monoisotopic (exact) mass is 226 g/mol. The second kappa shape index (κ2) is 4.28. The summed E-state index contributed by atoms with van der Waals surface area (Å²) in [4.78, 5) is 5.32. The Hall–Kier alpha value is -0.120. The fraction of sp³-hybridized carbons (Fsp3) is 1.00. The van der Waals surface area contributed by atoms with Crippen LogP contribution in [0.15, 0.2) is 0 Å². The lowest BCUT2D eigenvalue weighted by Crippen LogP contribution is -2.66. The van der Waals surface area contributed by atoms with Gasteiger partial charge in [0.25, 0.3) is 0 Å². The van der Waals surface area contributed by atoms with E-state index in [1.165, 1.54) is 37.1 Å². The topological polar surface area (TPSA) is 6.48 Å². The molecule has 0 radical (unpaired) electrons. The predicted molar refractivity (Wildman–Crippen MR) is 68.2 cm³/mol. The first-order chi connectivity index (χ1) is 7.47. The molecule has 0 N–H and O–H groups in total. The Labute approximate surface area is 101 Å². The van der Waals surface area contributed by atoms with Crippen molar-refractivity contribution < 1.29 is 4.48 Å². The van der Waals surface area contributed by atoms with E-state index in [1.54, 1.807) is 0 Å². The van der Waals surface area contributed by atoms with Crippen LogP contribution in [0.5, 0.6) is 0 Å². The number of quaternary nitrogens is 1. The van der Waals surface area contributed by atoms with Crippen molar-refractivity contribution in [3.63, 3.8) is 0 Å². The van der Waals surface area contributed by atoms with Crippen LogP contribution >= 0.6 is 0 Å². The molecule has 2 aliphatic rings. The number of likely N-dealkylation sites (N-methyl/N-ethyl adjacent to an activating group) is 2. The van der Waals surface area contributed by atoms with E-state index in [9.17, 15) is 0 Å². The molecule has 2 rings (SSSR count). The van der Waals surface area contributed by atoms with Crippen LogP contribution in [0.2, 0.25) is 0 Å². The molecule has 3 nitrogen and oxygen atoms in total. The third-order valence-corrected chi connectivity index (χ3v) is 4.84. The third-order valence-electron chi connectivity index (χ3n) is 4.84. The maximum atomic E-state index is 2.72. The van der Waals surface area contributed by atoms with Crippen LogP contribution in [0.3, 0.4) is 0 Å². The molecule has 0 spiro atoms. The second-order valence-corrected chi connectivity index (χ2v) is 6.31. The van der Waals surface area contributed by atoms with E-state index in [0.717, 1.165) is 12.0 Å². The van der Waals surface area contributed by atoms with Gasteiger partial charge in [-0.2, -0.15) is 0 Å². The smallest absolute Gasteiger partial charge is 0.161 e. The molecule has 0 aromatic rings. The standard InChI is InChI=1S/C13H28N3/c1-6-11(2)12-13-15(8-7-14(12)3)9-10-16(13,4)5/h11-13H,6-10H2,1-5H3/q+1. The zero-order valence-corrected chi connectivity index (χ0v) is 11.6. The Balaban J connectivity index is 2.24. The van der Waals surface area contributed by atoms with Gasteiger partial charge in [0.15, 0.2) is 6.17 Å². The Morgan fingerprint density at radius 3 is 2.56 bits per heavy atom. The average molecular weight is 226 g/mol. The molecule has 0 bridgehead atoms. The molecule has 0 amide bonds. The Morgan fingerprint density at radius 2 is 1.94 bits per heavy atom. The van der Waals surface area contributed by atoms with Crippen molar-refractivity contribution in [1.82, 2.24) is 9.80 Å². The van der Waals surface area contributed by atoms with Gasteiger partial charge in [0.05, 0.1) is 33.2 Å².